The number of anilines is 3. The summed E-state index contributed by atoms with van der Waals surface area (Å²) in [6.45, 7) is 1.56. The van der Waals surface area contributed by atoms with Gasteiger partial charge in [0.1, 0.15) is 0 Å². The summed E-state index contributed by atoms with van der Waals surface area (Å²) >= 11 is 0. The zero-order chi connectivity index (χ0) is 11.8. The molecule has 0 aliphatic carbocycles. The Kier molecular flexibility index (Phi) is 5.27. The Morgan fingerprint density at radius 2 is 1.50 bits per heavy atom. The maximum atomic E-state index is 5.43. The molecule has 0 aliphatic rings. The van der Waals surface area contributed by atoms with Gasteiger partial charge in [-0.25, -0.2) is 0 Å². The van der Waals surface area contributed by atoms with E-state index in [0.29, 0.717) is 5.95 Å². The van der Waals surface area contributed by atoms with E-state index in [0.717, 1.165) is 38.8 Å². The molecule has 0 radical (unpaired) electrons. The number of unbranched alkanes of at least 4 members (excludes halogenated alkanes) is 3. The molecule has 0 saturated carbocycles. The molecule has 7 nitrogen and oxygen atoms in total. The van der Waals surface area contributed by atoms with Crippen molar-refractivity contribution in [2.24, 2.45) is 5.73 Å². The van der Waals surface area contributed by atoms with Crippen LogP contribution in [-0.4, -0.2) is 28.0 Å². The Balaban J connectivity index is 2.21. The molecular formula is C9H19N7. The van der Waals surface area contributed by atoms with E-state index in [4.69, 9.17) is 17.2 Å². The summed E-state index contributed by atoms with van der Waals surface area (Å²) in [5.74, 6) is 0.708. The van der Waals surface area contributed by atoms with Gasteiger partial charge in [-0.2, -0.15) is 15.0 Å². The summed E-state index contributed by atoms with van der Waals surface area (Å²) < 4.78 is 0. The van der Waals surface area contributed by atoms with Crippen molar-refractivity contribution in [2.75, 3.05) is 29.9 Å². The van der Waals surface area contributed by atoms with Crippen molar-refractivity contribution in [1.82, 2.24) is 15.0 Å². The maximum Gasteiger partial charge on any atom is 0.229 e. The third-order valence-corrected chi connectivity index (χ3v) is 2.08. The van der Waals surface area contributed by atoms with E-state index in [1.54, 1.807) is 0 Å². The Labute approximate surface area is 94.8 Å². The molecule has 1 rings (SSSR count). The number of hydrogen-bond acceptors (Lipinski definition) is 7. The van der Waals surface area contributed by atoms with Crippen LogP contribution in [0.25, 0.3) is 0 Å². The largest absolute Gasteiger partial charge is 0.368 e. The van der Waals surface area contributed by atoms with Crippen molar-refractivity contribution in [2.45, 2.75) is 25.7 Å². The topological polar surface area (TPSA) is 129 Å². The van der Waals surface area contributed by atoms with Gasteiger partial charge in [0.15, 0.2) is 0 Å². The summed E-state index contributed by atoms with van der Waals surface area (Å²) in [4.78, 5) is 11.5. The fourth-order valence-corrected chi connectivity index (χ4v) is 1.31. The van der Waals surface area contributed by atoms with Crippen LogP contribution in [0.15, 0.2) is 0 Å². The molecule has 1 heterocycles. The zero-order valence-electron chi connectivity index (χ0n) is 9.32. The van der Waals surface area contributed by atoms with Crippen molar-refractivity contribution in [1.29, 1.82) is 0 Å². The van der Waals surface area contributed by atoms with Crippen LogP contribution in [0.4, 0.5) is 17.8 Å². The Bertz CT molecular complexity index is 294. The second kappa shape index (κ2) is 6.78. The first kappa shape index (κ1) is 12.4. The first-order chi connectivity index (χ1) is 7.72. The normalized spacial score (nSPS) is 10.3. The van der Waals surface area contributed by atoms with Crippen LogP contribution >= 0.6 is 0 Å². The molecule has 0 saturated heterocycles. The monoisotopic (exact) mass is 225 g/mol. The van der Waals surface area contributed by atoms with Crippen molar-refractivity contribution >= 4 is 17.8 Å². The number of aromatic nitrogens is 3. The Hall–Kier alpha value is -1.63. The smallest absolute Gasteiger partial charge is 0.229 e. The molecule has 7 heteroatoms. The van der Waals surface area contributed by atoms with E-state index >= 15 is 0 Å². The number of nitrogens with two attached hydrogens (primary N) is 3. The number of rotatable bonds is 7. The molecule has 0 aliphatic heterocycles. The van der Waals surface area contributed by atoms with Crippen LogP contribution in [0.3, 0.4) is 0 Å². The molecule has 0 bridgehead atoms. The van der Waals surface area contributed by atoms with Gasteiger partial charge < -0.3 is 22.5 Å². The van der Waals surface area contributed by atoms with Crippen molar-refractivity contribution < 1.29 is 0 Å². The molecule has 0 atom stereocenters. The lowest BCUT2D eigenvalue weighted by molar-refractivity contribution is 0.660. The molecule has 16 heavy (non-hydrogen) atoms. The molecule has 0 unspecified atom stereocenters. The summed E-state index contributed by atoms with van der Waals surface area (Å²) in [7, 11) is 0. The summed E-state index contributed by atoms with van der Waals surface area (Å²) in [6, 6.07) is 0. The Morgan fingerprint density at radius 3 is 2.12 bits per heavy atom. The number of nitrogens with one attached hydrogen (secondary N) is 1. The first-order valence-corrected chi connectivity index (χ1v) is 5.43. The van der Waals surface area contributed by atoms with Crippen LogP contribution in [0.1, 0.15) is 25.7 Å². The lowest BCUT2D eigenvalue weighted by Crippen LogP contribution is -2.10. The average Bonchev–Trinajstić information content (AvgIpc) is 2.22. The van der Waals surface area contributed by atoms with Crippen LogP contribution in [0.2, 0.25) is 0 Å². The fraction of sp³-hybridized carbons (Fsp3) is 0.667. The van der Waals surface area contributed by atoms with Gasteiger partial charge in [0.05, 0.1) is 0 Å². The summed E-state index contributed by atoms with van der Waals surface area (Å²) in [5.41, 5.74) is 16.3. The lowest BCUT2D eigenvalue weighted by atomic mass is 10.2. The first-order valence-electron chi connectivity index (χ1n) is 5.43. The zero-order valence-corrected chi connectivity index (χ0v) is 9.32. The second-order valence-corrected chi connectivity index (χ2v) is 3.51. The van der Waals surface area contributed by atoms with E-state index in [1.165, 1.54) is 0 Å². The van der Waals surface area contributed by atoms with Gasteiger partial charge in [0.25, 0.3) is 0 Å². The minimum absolute atomic E-state index is 0.137. The fourth-order valence-electron chi connectivity index (χ4n) is 1.31. The van der Waals surface area contributed by atoms with E-state index in [-0.39, 0.29) is 11.9 Å². The summed E-state index contributed by atoms with van der Waals surface area (Å²) in [6.07, 6.45) is 4.41. The highest BCUT2D eigenvalue weighted by Gasteiger charge is 2.00. The van der Waals surface area contributed by atoms with Gasteiger partial charge in [0.2, 0.25) is 17.8 Å². The predicted octanol–water partition coefficient (Wildman–Crippen LogP) is -0.0330. The van der Waals surface area contributed by atoms with Gasteiger partial charge in [-0.3, -0.25) is 0 Å². The van der Waals surface area contributed by atoms with Gasteiger partial charge in [-0.15, -0.1) is 0 Å². The van der Waals surface area contributed by atoms with Crippen LogP contribution in [-0.2, 0) is 0 Å². The van der Waals surface area contributed by atoms with Gasteiger partial charge in [-0.05, 0) is 19.4 Å². The SMILES string of the molecule is NCCCCCCNc1nc(N)nc(N)n1. The molecule has 1 aromatic rings. The minimum Gasteiger partial charge on any atom is -0.368 e. The third kappa shape index (κ3) is 4.74. The second-order valence-electron chi connectivity index (χ2n) is 3.51. The van der Waals surface area contributed by atoms with Crippen molar-refractivity contribution in [3.8, 4) is 0 Å². The minimum atomic E-state index is 0.137. The third-order valence-electron chi connectivity index (χ3n) is 2.08. The van der Waals surface area contributed by atoms with E-state index in [1.807, 2.05) is 0 Å². The lowest BCUT2D eigenvalue weighted by Gasteiger charge is -2.05. The highest BCUT2D eigenvalue weighted by molar-refractivity contribution is 5.36. The average molecular weight is 225 g/mol. The quantitative estimate of drug-likeness (QED) is 0.479. The van der Waals surface area contributed by atoms with Gasteiger partial charge >= 0.3 is 0 Å². The van der Waals surface area contributed by atoms with E-state index in [9.17, 15) is 0 Å². The molecule has 7 N–H and O–H groups in total. The highest BCUT2D eigenvalue weighted by atomic mass is 15.2. The van der Waals surface area contributed by atoms with Gasteiger partial charge in [0, 0.05) is 6.54 Å². The van der Waals surface area contributed by atoms with E-state index in [2.05, 4.69) is 20.3 Å². The molecular weight excluding hydrogens is 206 g/mol. The van der Waals surface area contributed by atoms with Crippen LogP contribution in [0.5, 0.6) is 0 Å². The molecule has 0 amide bonds. The molecule has 1 aromatic heterocycles. The van der Waals surface area contributed by atoms with E-state index < -0.39 is 0 Å². The molecule has 0 spiro atoms. The van der Waals surface area contributed by atoms with Crippen LogP contribution < -0.4 is 22.5 Å². The van der Waals surface area contributed by atoms with Crippen molar-refractivity contribution in [3.63, 3.8) is 0 Å². The van der Waals surface area contributed by atoms with Crippen LogP contribution in [0, 0.1) is 0 Å². The molecule has 0 aromatic carbocycles. The maximum absolute atomic E-state index is 5.43. The number of nitrogens with zero attached hydrogens (tertiary/aromatic N) is 3. The highest BCUT2D eigenvalue weighted by Crippen LogP contribution is 2.04. The number of hydrogen-bond donors (Lipinski definition) is 4. The summed E-state index contributed by atoms with van der Waals surface area (Å²) in [5, 5.41) is 3.05. The van der Waals surface area contributed by atoms with Gasteiger partial charge in [-0.1, -0.05) is 12.8 Å². The standard InChI is InChI=1S/C9H19N7/c10-5-3-1-2-4-6-13-9-15-7(11)14-8(12)16-9/h1-6,10H2,(H5,11,12,13,14,15,16). The molecule has 0 fully saturated rings. The Morgan fingerprint density at radius 1 is 0.875 bits per heavy atom. The molecule has 90 valence electrons. The number of nitrogen functional groups attached to an aromatic ring is 2. The van der Waals surface area contributed by atoms with Crippen molar-refractivity contribution in [3.05, 3.63) is 0 Å². The predicted molar refractivity (Wildman–Crippen MR) is 64.7 cm³/mol.